The van der Waals surface area contributed by atoms with Crippen molar-refractivity contribution in [3.8, 4) is 11.5 Å². The maximum Gasteiger partial charge on any atom is 0.263 e. The molecule has 0 aliphatic carbocycles. The van der Waals surface area contributed by atoms with E-state index < -0.39 is 12.6 Å². The molecule has 0 unspecified atom stereocenters. The molecule has 3 rings (SSSR count). The Morgan fingerprint density at radius 1 is 0.667 bits per heavy atom. The molecule has 1 fully saturated rings. The molecule has 0 bridgehead atoms. The van der Waals surface area contributed by atoms with Gasteiger partial charge in [0.15, 0.2) is 0 Å². The van der Waals surface area contributed by atoms with Crippen LogP contribution in [0.2, 0.25) is 0 Å². The molecule has 0 radical (unpaired) electrons. The molecule has 2 aromatic rings. The Balaban J connectivity index is 1.81. The first-order valence-corrected chi connectivity index (χ1v) is 8.25. The molecule has 2 atom stereocenters. The van der Waals surface area contributed by atoms with Crippen molar-refractivity contribution in [1.82, 2.24) is 0 Å². The number of benzene rings is 2. The quantitative estimate of drug-likeness (QED) is 0.847. The molecule has 0 spiro atoms. The first-order valence-electron chi connectivity index (χ1n) is 8.25. The van der Waals surface area contributed by atoms with Crippen molar-refractivity contribution < 1.29 is 18.9 Å². The summed E-state index contributed by atoms with van der Waals surface area (Å²) in [5, 5.41) is 0. The highest BCUT2D eigenvalue weighted by Gasteiger charge is 2.32. The standard InChI is InChI=1S/C20H24O4/c1-13-7-5-8-14(2)17(13)23-19-20(22-12-11-21-19)24-18-15(3)9-6-10-16(18)4/h5-10,19-20H,11-12H2,1-4H3/t19-,20-/m0/s1. The molecule has 0 aromatic heterocycles. The molecule has 2 aromatic carbocycles. The topological polar surface area (TPSA) is 36.9 Å². The lowest BCUT2D eigenvalue weighted by Crippen LogP contribution is -2.46. The van der Waals surface area contributed by atoms with E-state index in [0.717, 1.165) is 33.8 Å². The van der Waals surface area contributed by atoms with Crippen LogP contribution in [-0.2, 0) is 9.47 Å². The van der Waals surface area contributed by atoms with Gasteiger partial charge in [0.05, 0.1) is 13.2 Å². The van der Waals surface area contributed by atoms with Gasteiger partial charge in [0.2, 0.25) is 0 Å². The van der Waals surface area contributed by atoms with Gasteiger partial charge in [-0.25, -0.2) is 0 Å². The lowest BCUT2D eigenvalue weighted by molar-refractivity contribution is -0.271. The zero-order chi connectivity index (χ0) is 17.1. The molecule has 0 N–H and O–H groups in total. The molecule has 4 heteroatoms. The van der Waals surface area contributed by atoms with E-state index in [0.29, 0.717) is 13.2 Å². The lowest BCUT2D eigenvalue weighted by atomic mass is 10.1. The largest absolute Gasteiger partial charge is 0.458 e. The van der Waals surface area contributed by atoms with Gasteiger partial charge < -0.3 is 18.9 Å². The monoisotopic (exact) mass is 328 g/mol. The van der Waals surface area contributed by atoms with E-state index >= 15 is 0 Å². The number of hydrogen-bond donors (Lipinski definition) is 0. The highest BCUT2D eigenvalue weighted by Crippen LogP contribution is 2.29. The van der Waals surface area contributed by atoms with Crippen LogP contribution in [0.15, 0.2) is 36.4 Å². The first-order chi connectivity index (χ1) is 11.6. The molecule has 24 heavy (non-hydrogen) atoms. The Kier molecular flexibility index (Phi) is 5.07. The van der Waals surface area contributed by atoms with E-state index in [1.165, 1.54) is 0 Å². The van der Waals surface area contributed by atoms with Crippen LogP contribution < -0.4 is 9.47 Å². The maximum absolute atomic E-state index is 6.11. The summed E-state index contributed by atoms with van der Waals surface area (Å²) in [6.45, 7) is 9.06. The molecule has 1 heterocycles. The summed E-state index contributed by atoms with van der Waals surface area (Å²) in [7, 11) is 0. The molecular formula is C20H24O4. The molecule has 128 valence electrons. The van der Waals surface area contributed by atoms with E-state index in [1.54, 1.807) is 0 Å². The van der Waals surface area contributed by atoms with Crippen LogP contribution in [-0.4, -0.2) is 25.8 Å². The zero-order valence-electron chi connectivity index (χ0n) is 14.7. The SMILES string of the molecule is Cc1cccc(C)c1O[C@@H]1OCCO[C@H]1Oc1c(C)cccc1C. The van der Waals surface area contributed by atoms with Crippen molar-refractivity contribution in [1.29, 1.82) is 0 Å². The lowest BCUT2D eigenvalue weighted by Gasteiger charge is -2.33. The second kappa shape index (κ2) is 7.24. The third kappa shape index (κ3) is 3.55. The average Bonchev–Trinajstić information content (AvgIpc) is 2.56. The number of para-hydroxylation sites is 2. The van der Waals surface area contributed by atoms with E-state index in [4.69, 9.17) is 18.9 Å². The Labute approximate surface area is 143 Å². The second-order valence-corrected chi connectivity index (χ2v) is 6.16. The van der Waals surface area contributed by atoms with Gasteiger partial charge in [-0.2, -0.15) is 0 Å². The smallest absolute Gasteiger partial charge is 0.263 e. The van der Waals surface area contributed by atoms with Crippen molar-refractivity contribution in [3.05, 3.63) is 58.7 Å². The van der Waals surface area contributed by atoms with E-state index in [9.17, 15) is 0 Å². The van der Waals surface area contributed by atoms with Gasteiger partial charge in [-0.3, -0.25) is 0 Å². The fourth-order valence-corrected chi connectivity index (χ4v) is 2.87. The normalized spacial score (nSPS) is 20.7. The minimum atomic E-state index is -0.599. The van der Waals surface area contributed by atoms with Crippen molar-refractivity contribution in [2.24, 2.45) is 0 Å². The van der Waals surface area contributed by atoms with Crippen LogP contribution in [0.5, 0.6) is 11.5 Å². The minimum absolute atomic E-state index is 0.488. The molecule has 1 saturated heterocycles. The van der Waals surface area contributed by atoms with Gasteiger partial charge in [0.25, 0.3) is 12.6 Å². The molecule has 1 aliphatic heterocycles. The molecular weight excluding hydrogens is 304 g/mol. The fourth-order valence-electron chi connectivity index (χ4n) is 2.87. The van der Waals surface area contributed by atoms with E-state index in [2.05, 4.69) is 0 Å². The summed E-state index contributed by atoms with van der Waals surface area (Å²) in [6.07, 6.45) is -1.20. The third-order valence-corrected chi connectivity index (χ3v) is 4.16. The molecule has 0 saturated carbocycles. The summed E-state index contributed by atoms with van der Waals surface area (Å²) in [6, 6.07) is 12.1. The van der Waals surface area contributed by atoms with E-state index in [1.807, 2.05) is 64.1 Å². The zero-order valence-corrected chi connectivity index (χ0v) is 14.7. The van der Waals surface area contributed by atoms with Crippen LogP contribution in [0.4, 0.5) is 0 Å². The van der Waals surface area contributed by atoms with Gasteiger partial charge in [-0.1, -0.05) is 36.4 Å². The predicted octanol–water partition coefficient (Wildman–Crippen LogP) is 4.08. The van der Waals surface area contributed by atoms with E-state index in [-0.39, 0.29) is 0 Å². The van der Waals surface area contributed by atoms with Crippen LogP contribution in [0, 0.1) is 27.7 Å². The number of hydrogen-bond acceptors (Lipinski definition) is 4. The Hall–Kier alpha value is -2.04. The van der Waals surface area contributed by atoms with Crippen molar-refractivity contribution in [2.45, 2.75) is 40.3 Å². The predicted molar refractivity (Wildman–Crippen MR) is 92.6 cm³/mol. The van der Waals surface area contributed by atoms with Gasteiger partial charge >= 0.3 is 0 Å². The second-order valence-electron chi connectivity index (χ2n) is 6.16. The average molecular weight is 328 g/mol. The minimum Gasteiger partial charge on any atom is -0.458 e. The van der Waals surface area contributed by atoms with Crippen molar-refractivity contribution in [2.75, 3.05) is 13.2 Å². The fraction of sp³-hybridized carbons (Fsp3) is 0.400. The summed E-state index contributed by atoms with van der Waals surface area (Å²) in [5.41, 5.74) is 4.26. The highest BCUT2D eigenvalue weighted by atomic mass is 16.8. The van der Waals surface area contributed by atoms with Gasteiger partial charge in [-0.05, 0) is 49.9 Å². The van der Waals surface area contributed by atoms with Gasteiger partial charge in [-0.15, -0.1) is 0 Å². The highest BCUT2D eigenvalue weighted by molar-refractivity contribution is 5.41. The number of aryl methyl sites for hydroxylation is 4. The van der Waals surface area contributed by atoms with Crippen molar-refractivity contribution >= 4 is 0 Å². The Morgan fingerprint density at radius 2 is 1.00 bits per heavy atom. The summed E-state index contributed by atoms with van der Waals surface area (Å²) in [5.74, 6) is 1.64. The molecule has 4 nitrogen and oxygen atoms in total. The number of rotatable bonds is 4. The Morgan fingerprint density at radius 3 is 1.33 bits per heavy atom. The van der Waals surface area contributed by atoms with Gasteiger partial charge in [0, 0.05) is 0 Å². The van der Waals surface area contributed by atoms with Crippen molar-refractivity contribution in [3.63, 3.8) is 0 Å². The summed E-state index contributed by atoms with van der Waals surface area (Å²) >= 11 is 0. The van der Waals surface area contributed by atoms with Crippen LogP contribution in [0.3, 0.4) is 0 Å². The third-order valence-electron chi connectivity index (χ3n) is 4.16. The first kappa shape index (κ1) is 16.8. The number of ether oxygens (including phenoxy) is 4. The summed E-state index contributed by atoms with van der Waals surface area (Å²) in [4.78, 5) is 0. The maximum atomic E-state index is 6.11. The summed E-state index contributed by atoms with van der Waals surface area (Å²) < 4.78 is 23.8. The molecule has 1 aliphatic rings. The van der Waals surface area contributed by atoms with Crippen LogP contribution >= 0.6 is 0 Å². The van der Waals surface area contributed by atoms with Crippen LogP contribution in [0.25, 0.3) is 0 Å². The Bertz CT molecular complexity index is 609. The van der Waals surface area contributed by atoms with Gasteiger partial charge in [0.1, 0.15) is 11.5 Å². The van der Waals surface area contributed by atoms with Crippen LogP contribution in [0.1, 0.15) is 22.3 Å². The molecule has 0 amide bonds.